The highest BCUT2D eigenvalue weighted by Crippen LogP contribution is 2.30. The maximum atomic E-state index is 12.3. The Hall–Kier alpha value is 0.0700. The highest BCUT2D eigenvalue weighted by atomic mass is 35.6. The van der Waals surface area contributed by atoms with Crippen molar-refractivity contribution in [2.75, 3.05) is 0 Å². The number of hydrogen-bond acceptors (Lipinski definition) is 4. The topological polar surface area (TPSA) is 84.2 Å². The fourth-order valence-corrected chi connectivity index (χ4v) is 3.22. The number of benzene rings is 1. The summed E-state index contributed by atoms with van der Waals surface area (Å²) < 4.78 is 24.7. The van der Waals surface area contributed by atoms with Crippen LogP contribution in [0.2, 0.25) is 5.02 Å². The summed E-state index contributed by atoms with van der Waals surface area (Å²) in [5, 5.41) is 2.83. The van der Waals surface area contributed by atoms with Crippen molar-refractivity contribution in [2.45, 2.75) is 14.9 Å². The quantitative estimate of drug-likeness (QED) is 0.379. The molecule has 0 aromatic heterocycles. The van der Waals surface area contributed by atoms with Gasteiger partial charge in [-0.1, -0.05) is 70.8 Å². The fraction of sp³-hybridized carbons (Fsp3) is 0.200. The first-order valence-corrected chi connectivity index (χ1v) is 9.19. The molecule has 0 bridgehead atoms. The zero-order valence-corrected chi connectivity index (χ0v) is 16.0. The number of thiocarbonyl (C=S) groups is 2. The van der Waals surface area contributed by atoms with Crippen LogP contribution in [0, 0.1) is 0 Å². The van der Waals surface area contributed by atoms with Gasteiger partial charge in [0.05, 0.1) is 4.90 Å². The molecule has 0 saturated heterocycles. The third-order valence-electron chi connectivity index (χ3n) is 2.22. The number of rotatable bonds is 4. The van der Waals surface area contributed by atoms with Crippen LogP contribution >= 0.6 is 70.8 Å². The molecule has 22 heavy (non-hydrogen) atoms. The van der Waals surface area contributed by atoms with Crippen molar-refractivity contribution in [3.05, 3.63) is 29.3 Å². The zero-order chi connectivity index (χ0) is 17.1. The summed E-state index contributed by atoms with van der Waals surface area (Å²) in [6.07, 6.45) is -1.38. The lowest BCUT2D eigenvalue weighted by Crippen LogP contribution is -2.56. The minimum atomic E-state index is -4.00. The minimum Gasteiger partial charge on any atom is -0.388 e. The van der Waals surface area contributed by atoms with Gasteiger partial charge in [0.2, 0.25) is 13.8 Å². The van der Waals surface area contributed by atoms with Crippen molar-refractivity contribution >= 4 is 90.8 Å². The molecule has 1 aromatic carbocycles. The van der Waals surface area contributed by atoms with Crippen LogP contribution in [0.15, 0.2) is 29.2 Å². The molecule has 0 spiro atoms. The SMILES string of the molecule is NC(=S)C(=S)NC(NS(=O)(=O)c1ccc(Cl)cc1)C(Cl)(Cl)Cl. The molecule has 1 rings (SSSR count). The van der Waals surface area contributed by atoms with Crippen molar-refractivity contribution in [1.82, 2.24) is 10.0 Å². The summed E-state index contributed by atoms with van der Waals surface area (Å²) in [5.74, 6) is 0. The lowest BCUT2D eigenvalue weighted by Gasteiger charge is -2.27. The summed E-state index contributed by atoms with van der Waals surface area (Å²) in [6, 6.07) is 5.42. The number of alkyl halides is 3. The van der Waals surface area contributed by atoms with Gasteiger partial charge in [-0.3, -0.25) is 0 Å². The normalized spacial score (nSPS) is 13.5. The predicted octanol–water partition coefficient (Wildman–Crippen LogP) is 2.52. The first-order valence-electron chi connectivity index (χ1n) is 5.38. The standard InChI is InChI=1S/C10H9Cl4N3O2S3/c11-5-1-3-6(4-2-5)22(18,19)17-9(10(12,13)14)16-8(21)7(15)20/h1-4,9,17H,(H2,15,20)(H,16,21). The number of halogens is 4. The summed E-state index contributed by atoms with van der Waals surface area (Å²) in [6.45, 7) is 0. The van der Waals surface area contributed by atoms with E-state index in [-0.39, 0.29) is 14.9 Å². The fourth-order valence-electron chi connectivity index (χ4n) is 1.22. The molecule has 122 valence electrons. The lowest BCUT2D eigenvalue weighted by molar-refractivity contribution is 0.537. The molecule has 0 aliphatic heterocycles. The first-order chi connectivity index (χ1) is 9.93. The lowest BCUT2D eigenvalue weighted by atomic mass is 10.4. The molecule has 1 atom stereocenters. The summed E-state index contributed by atoms with van der Waals surface area (Å²) in [7, 11) is -4.00. The molecular weight excluding hydrogens is 432 g/mol. The molecule has 4 N–H and O–H groups in total. The highest BCUT2D eigenvalue weighted by molar-refractivity contribution is 7.89. The summed E-state index contributed by atoms with van der Waals surface area (Å²) in [4.78, 5) is -0.357. The largest absolute Gasteiger partial charge is 0.388 e. The van der Waals surface area contributed by atoms with Crippen molar-refractivity contribution in [1.29, 1.82) is 0 Å². The Morgan fingerprint density at radius 1 is 1.18 bits per heavy atom. The van der Waals surface area contributed by atoms with Gasteiger partial charge in [-0.05, 0) is 24.3 Å². The van der Waals surface area contributed by atoms with E-state index >= 15 is 0 Å². The molecule has 0 saturated carbocycles. The van der Waals surface area contributed by atoms with Gasteiger partial charge < -0.3 is 11.1 Å². The Balaban J connectivity index is 3.05. The van der Waals surface area contributed by atoms with Gasteiger partial charge in [-0.15, -0.1) is 0 Å². The van der Waals surface area contributed by atoms with Crippen LogP contribution in [0.25, 0.3) is 0 Å². The average Bonchev–Trinajstić information content (AvgIpc) is 2.36. The predicted molar refractivity (Wildman–Crippen MR) is 98.4 cm³/mol. The number of hydrogen-bond donors (Lipinski definition) is 3. The molecule has 0 aliphatic carbocycles. The van der Waals surface area contributed by atoms with E-state index in [2.05, 4.69) is 22.3 Å². The molecule has 1 unspecified atom stereocenters. The van der Waals surface area contributed by atoms with Gasteiger partial charge >= 0.3 is 0 Å². The molecule has 0 aliphatic rings. The van der Waals surface area contributed by atoms with Crippen molar-refractivity contribution in [2.24, 2.45) is 5.73 Å². The van der Waals surface area contributed by atoms with Gasteiger partial charge in [0.1, 0.15) is 16.1 Å². The van der Waals surface area contributed by atoms with Crippen molar-refractivity contribution in [3.63, 3.8) is 0 Å². The molecule has 5 nitrogen and oxygen atoms in total. The van der Waals surface area contributed by atoms with Gasteiger partial charge in [0, 0.05) is 5.02 Å². The molecule has 0 radical (unpaired) electrons. The van der Waals surface area contributed by atoms with Gasteiger partial charge in [-0.25, -0.2) is 8.42 Å². The Morgan fingerprint density at radius 3 is 2.09 bits per heavy atom. The Morgan fingerprint density at radius 2 is 1.68 bits per heavy atom. The number of nitrogens with one attached hydrogen (secondary N) is 2. The van der Waals surface area contributed by atoms with Crippen LogP contribution in [-0.2, 0) is 10.0 Å². The average molecular weight is 441 g/mol. The van der Waals surface area contributed by atoms with Gasteiger partial charge in [0.25, 0.3) is 0 Å². The molecule has 0 heterocycles. The minimum absolute atomic E-state index is 0.0702. The van der Waals surface area contributed by atoms with Crippen LogP contribution in [0.3, 0.4) is 0 Å². The van der Waals surface area contributed by atoms with E-state index < -0.39 is 20.0 Å². The Kier molecular flexibility index (Phi) is 7.10. The maximum absolute atomic E-state index is 12.3. The molecular formula is C10H9Cl4N3O2S3. The van der Waals surface area contributed by atoms with E-state index in [0.717, 1.165) is 0 Å². The summed E-state index contributed by atoms with van der Waals surface area (Å²) in [5.41, 5.74) is 5.33. The molecule has 1 aromatic rings. The Labute approximate surface area is 158 Å². The molecule has 0 amide bonds. The maximum Gasteiger partial charge on any atom is 0.242 e. The summed E-state index contributed by atoms with van der Waals surface area (Å²) >= 11 is 32.4. The van der Waals surface area contributed by atoms with E-state index in [1.807, 2.05) is 0 Å². The van der Waals surface area contributed by atoms with Crippen molar-refractivity contribution < 1.29 is 8.42 Å². The van der Waals surface area contributed by atoms with E-state index in [1.165, 1.54) is 24.3 Å². The Bertz CT molecular complexity index is 674. The van der Waals surface area contributed by atoms with E-state index in [0.29, 0.717) is 5.02 Å². The van der Waals surface area contributed by atoms with Crippen LogP contribution in [0.5, 0.6) is 0 Å². The van der Waals surface area contributed by atoms with Crippen LogP contribution in [0.4, 0.5) is 0 Å². The van der Waals surface area contributed by atoms with E-state index in [4.69, 9.17) is 64.4 Å². The first kappa shape index (κ1) is 20.1. The molecule has 12 heteroatoms. The third-order valence-corrected chi connectivity index (χ3v) is 5.24. The smallest absolute Gasteiger partial charge is 0.242 e. The highest BCUT2D eigenvalue weighted by Gasteiger charge is 2.37. The zero-order valence-electron chi connectivity index (χ0n) is 10.5. The number of nitrogens with two attached hydrogens (primary N) is 1. The number of sulfonamides is 1. The monoisotopic (exact) mass is 439 g/mol. The van der Waals surface area contributed by atoms with Crippen molar-refractivity contribution in [3.8, 4) is 0 Å². The second-order valence-corrected chi connectivity index (χ2v) is 9.25. The van der Waals surface area contributed by atoms with Gasteiger partial charge in [-0.2, -0.15) is 4.72 Å². The van der Waals surface area contributed by atoms with E-state index in [1.54, 1.807) is 0 Å². The second kappa shape index (κ2) is 7.76. The van der Waals surface area contributed by atoms with Crippen LogP contribution < -0.4 is 15.8 Å². The van der Waals surface area contributed by atoms with Crippen LogP contribution in [-0.4, -0.2) is 28.4 Å². The van der Waals surface area contributed by atoms with E-state index in [9.17, 15) is 8.42 Å². The molecule has 0 fully saturated rings. The third kappa shape index (κ3) is 5.93. The van der Waals surface area contributed by atoms with Gasteiger partial charge in [0.15, 0.2) is 0 Å². The second-order valence-electron chi connectivity index (χ2n) is 3.89. The van der Waals surface area contributed by atoms with Crippen LogP contribution in [0.1, 0.15) is 0 Å².